The first kappa shape index (κ1) is 20.0. The zero-order valence-corrected chi connectivity index (χ0v) is 13.5. The van der Waals surface area contributed by atoms with Crippen LogP contribution >= 0.6 is 92.8 Å². The van der Waals surface area contributed by atoms with Crippen LogP contribution in [0, 0.1) is 0 Å². The molecule has 0 aromatic carbocycles. The largest absolute Gasteiger partial charge is 0.436 e. The minimum Gasteiger partial charge on any atom is -0.295 e. The highest BCUT2D eigenvalue weighted by atomic mass is 35.6. The van der Waals surface area contributed by atoms with Gasteiger partial charge in [0.1, 0.15) is 0 Å². The molecule has 2 atom stereocenters. The van der Waals surface area contributed by atoms with Gasteiger partial charge in [-0.1, -0.05) is 81.2 Å². The van der Waals surface area contributed by atoms with Crippen LogP contribution in [-0.2, 0) is 4.74 Å². The maximum atomic E-state index is 13.5. The van der Waals surface area contributed by atoms with Crippen molar-refractivity contribution in [3.05, 3.63) is 0 Å². The molecule has 0 rings (SSSR count). The Kier molecular flexibility index (Phi) is 6.28. The topological polar surface area (TPSA) is 9.23 Å². The summed E-state index contributed by atoms with van der Waals surface area (Å²) in [5, 5.41) is -8.18. The van der Waals surface area contributed by atoms with E-state index in [0.717, 1.165) is 0 Å². The molecule has 0 saturated carbocycles. The van der Waals surface area contributed by atoms with Crippen molar-refractivity contribution in [1.82, 2.24) is 0 Å². The molecule has 18 heavy (non-hydrogen) atoms. The van der Waals surface area contributed by atoms with Crippen molar-refractivity contribution in [3.63, 3.8) is 0 Å². The van der Waals surface area contributed by atoms with Gasteiger partial charge in [-0.2, -0.15) is 17.6 Å². The molecule has 0 bridgehead atoms. The Hall–Kier alpha value is 2.00. The summed E-state index contributed by atoms with van der Waals surface area (Å²) < 4.78 is 48.7. The van der Waals surface area contributed by atoms with Crippen LogP contribution in [0.25, 0.3) is 0 Å². The maximum Gasteiger partial charge on any atom is 0.436 e. The highest BCUT2D eigenvalue weighted by Crippen LogP contribution is 2.58. The summed E-state index contributed by atoms with van der Waals surface area (Å²) in [6.45, 7) is 0. The minimum atomic E-state index is -5.54. The average molecular weight is 436 g/mol. The predicted octanol–water partition coefficient (Wildman–Crippen LogP) is 6.10. The molecule has 0 spiro atoms. The minimum absolute atomic E-state index is 3.13. The normalized spacial score (nSPS) is 21.3. The second-order valence-corrected chi connectivity index (χ2v) is 8.29. The lowest BCUT2D eigenvalue weighted by Crippen LogP contribution is -2.57. The van der Waals surface area contributed by atoms with Crippen LogP contribution in [0.15, 0.2) is 0 Å². The lowest BCUT2D eigenvalue weighted by atomic mass is 10.3. The highest BCUT2D eigenvalue weighted by Gasteiger charge is 2.72. The summed E-state index contributed by atoms with van der Waals surface area (Å²) in [5.74, 6) is 0. The van der Waals surface area contributed by atoms with Gasteiger partial charge in [-0.05, 0) is 11.6 Å². The van der Waals surface area contributed by atoms with E-state index in [0.29, 0.717) is 0 Å². The second-order valence-electron chi connectivity index (χ2n) is 2.71. The van der Waals surface area contributed by atoms with Gasteiger partial charge in [0.2, 0.25) is 3.79 Å². The molecular weight excluding hydrogens is 436 g/mol. The molecule has 0 saturated heterocycles. The number of hydrogen-bond donors (Lipinski definition) is 0. The molecule has 0 aliphatic heterocycles. The van der Waals surface area contributed by atoms with E-state index < -0.39 is 24.1 Å². The third-order valence-corrected chi connectivity index (χ3v) is 4.37. The van der Waals surface area contributed by atoms with Crippen LogP contribution in [0.1, 0.15) is 0 Å². The van der Waals surface area contributed by atoms with E-state index in [1.54, 1.807) is 0 Å². The summed E-state index contributed by atoms with van der Waals surface area (Å²) in [7, 11) is 0. The van der Waals surface area contributed by atoms with Gasteiger partial charge >= 0.3 is 11.5 Å². The van der Waals surface area contributed by atoms with Gasteiger partial charge in [0.25, 0.3) is 8.85 Å². The summed E-state index contributed by atoms with van der Waals surface area (Å²) >= 11 is 39.7. The molecule has 0 N–H and O–H groups in total. The molecule has 13 heteroatoms. The molecule has 0 aromatic rings. The Morgan fingerprint density at radius 2 is 0.944 bits per heavy atom. The van der Waals surface area contributed by atoms with Crippen LogP contribution in [0.2, 0.25) is 0 Å². The van der Waals surface area contributed by atoms with Crippen molar-refractivity contribution < 1.29 is 22.3 Å². The van der Waals surface area contributed by atoms with Gasteiger partial charge in [0.05, 0.1) is 0 Å². The monoisotopic (exact) mass is 432 g/mol. The summed E-state index contributed by atoms with van der Waals surface area (Å²) in [4.78, 5) is 0. The Morgan fingerprint density at radius 1 is 0.611 bits per heavy atom. The molecule has 0 aliphatic carbocycles. The van der Waals surface area contributed by atoms with Gasteiger partial charge < -0.3 is 0 Å². The number of hydrogen-bond acceptors (Lipinski definition) is 1. The molecule has 0 fully saturated rings. The number of alkyl halides is 12. The first-order valence-corrected chi connectivity index (χ1v) is 6.45. The standard InChI is InChI=1S/C5Cl8F4O/c6-1(2(7,8)9,5(15,16)17)18-4(13,14)3(10,11)12. The Labute approximate surface area is 138 Å². The van der Waals surface area contributed by atoms with Crippen LogP contribution < -0.4 is 0 Å². The van der Waals surface area contributed by atoms with Gasteiger partial charge in [-0.15, -0.1) is 0 Å². The van der Waals surface area contributed by atoms with Crippen molar-refractivity contribution in [3.8, 4) is 0 Å². The lowest BCUT2D eigenvalue weighted by molar-refractivity contribution is -0.278. The van der Waals surface area contributed by atoms with Gasteiger partial charge in [-0.3, -0.25) is 4.74 Å². The van der Waals surface area contributed by atoms with Gasteiger partial charge in [-0.25, -0.2) is 0 Å². The van der Waals surface area contributed by atoms with Crippen LogP contribution in [0.5, 0.6) is 0 Å². The first-order chi connectivity index (χ1) is 7.46. The maximum absolute atomic E-state index is 13.5. The lowest BCUT2D eigenvalue weighted by Gasteiger charge is -2.39. The summed E-state index contributed by atoms with van der Waals surface area (Å²) in [6.07, 6.45) is -5.54. The fraction of sp³-hybridized carbons (Fsp3) is 1.00. The number of rotatable bonds is 2. The van der Waals surface area contributed by atoms with Crippen molar-refractivity contribution in [2.24, 2.45) is 0 Å². The van der Waals surface area contributed by atoms with E-state index in [4.69, 9.17) is 92.8 Å². The molecule has 2 unspecified atom stereocenters. The Balaban J connectivity index is 5.58. The first-order valence-electron chi connectivity index (χ1n) is 3.43. The fourth-order valence-electron chi connectivity index (χ4n) is 0.511. The molecule has 0 aliphatic rings. The van der Waals surface area contributed by atoms with Crippen molar-refractivity contribution >= 4 is 92.8 Å². The molecule has 0 amide bonds. The van der Waals surface area contributed by atoms with Gasteiger partial charge in [0, 0.05) is 0 Å². The summed E-state index contributed by atoms with van der Waals surface area (Å²) in [5.41, 5.74) is 0. The Bertz CT molecular complexity index is 290. The zero-order valence-electron chi connectivity index (χ0n) is 7.44. The number of ether oxygens (including phenoxy) is 1. The van der Waals surface area contributed by atoms with E-state index in [1.807, 2.05) is 0 Å². The van der Waals surface area contributed by atoms with Crippen LogP contribution in [0.3, 0.4) is 0 Å². The third kappa shape index (κ3) is 4.25. The van der Waals surface area contributed by atoms with E-state index >= 15 is 0 Å². The smallest absolute Gasteiger partial charge is 0.295 e. The average Bonchev–Trinajstić information content (AvgIpc) is 1.95. The van der Waals surface area contributed by atoms with Crippen LogP contribution in [-0.4, -0.2) is 24.1 Å². The van der Waals surface area contributed by atoms with E-state index in [9.17, 15) is 17.6 Å². The third-order valence-electron chi connectivity index (χ3n) is 1.33. The van der Waals surface area contributed by atoms with Crippen molar-refractivity contribution in [1.29, 1.82) is 0 Å². The zero-order chi connectivity index (χ0) is 15.2. The van der Waals surface area contributed by atoms with E-state index in [2.05, 4.69) is 4.74 Å². The molecule has 0 aromatic heterocycles. The van der Waals surface area contributed by atoms with Crippen LogP contribution in [0.4, 0.5) is 17.6 Å². The van der Waals surface area contributed by atoms with E-state index in [-0.39, 0.29) is 0 Å². The van der Waals surface area contributed by atoms with Crippen molar-refractivity contribution in [2.75, 3.05) is 0 Å². The molecule has 110 valence electrons. The van der Waals surface area contributed by atoms with Crippen molar-refractivity contribution in [2.45, 2.75) is 24.1 Å². The molecule has 0 heterocycles. The molecular formula is C5Cl8F4O. The highest BCUT2D eigenvalue weighted by molar-refractivity contribution is 6.71. The summed E-state index contributed by atoms with van der Waals surface area (Å²) in [6, 6.07) is 0. The SMILES string of the molecule is FC(F)(F)C(Cl)(OC(F)(Cl)C(Cl)(Cl)Cl)C(Cl)(Cl)Cl. The Morgan fingerprint density at radius 3 is 1.11 bits per heavy atom. The second kappa shape index (κ2) is 5.65. The number of halogens is 12. The quantitative estimate of drug-likeness (QED) is 0.376. The predicted molar refractivity (Wildman–Crippen MR) is 66.0 cm³/mol. The van der Waals surface area contributed by atoms with E-state index in [1.165, 1.54) is 0 Å². The molecule has 1 nitrogen and oxygen atoms in total. The molecule has 0 radical (unpaired) electrons. The van der Waals surface area contributed by atoms with Gasteiger partial charge in [0.15, 0.2) is 0 Å². The fourth-order valence-corrected chi connectivity index (χ4v) is 1.33.